The third-order valence-electron chi connectivity index (χ3n) is 4.09. The summed E-state index contributed by atoms with van der Waals surface area (Å²) in [6, 6.07) is 10.7. The van der Waals surface area contributed by atoms with Crippen LogP contribution in [0.25, 0.3) is 6.08 Å². The lowest BCUT2D eigenvalue weighted by atomic mass is 10.0. The number of carbonyl (C=O) groups excluding carboxylic acids is 2. The van der Waals surface area contributed by atoms with Crippen LogP contribution in [0, 0.1) is 11.7 Å². The highest BCUT2D eigenvalue weighted by molar-refractivity contribution is 9.10. The zero-order valence-corrected chi connectivity index (χ0v) is 18.1. The van der Waals surface area contributed by atoms with Crippen LogP contribution in [0.15, 0.2) is 58.7 Å². The molecule has 3 N–H and O–H groups in total. The molecular weight excluding hydrogens is 455 g/mol. The van der Waals surface area contributed by atoms with Crippen molar-refractivity contribution in [3.8, 4) is 0 Å². The van der Waals surface area contributed by atoms with Crippen molar-refractivity contribution in [3.05, 3.63) is 75.6 Å². The average molecular weight is 477 g/mol. The fourth-order valence-electron chi connectivity index (χ4n) is 2.61. The maximum Gasteiger partial charge on any atom is 0.326 e. The summed E-state index contributed by atoms with van der Waals surface area (Å²) in [4.78, 5) is 36.9. The molecule has 0 spiro atoms. The maximum absolute atomic E-state index is 13.2. The number of hydrogen-bond acceptors (Lipinski definition) is 3. The minimum Gasteiger partial charge on any atom is -0.480 e. The summed E-state index contributed by atoms with van der Waals surface area (Å²) in [5.41, 5.74) is 0.630. The van der Waals surface area contributed by atoms with E-state index in [-0.39, 0.29) is 18.0 Å². The third-order valence-corrected chi connectivity index (χ3v) is 4.62. The quantitative estimate of drug-likeness (QED) is 0.502. The zero-order chi connectivity index (χ0) is 22.3. The first kappa shape index (κ1) is 23.3. The van der Waals surface area contributed by atoms with E-state index in [1.54, 1.807) is 24.3 Å². The van der Waals surface area contributed by atoms with E-state index in [0.29, 0.717) is 11.1 Å². The molecule has 0 saturated heterocycles. The lowest BCUT2D eigenvalue weighted by molar-refractivity contribution is -0.141. The monoisotopic (exact) mass is 476 g/mol. The Labute approximate surface area is 182 Å². The van der Waals surface area contributed by atoms with Crippen molar-refractivity contribution in [2.45, 2.75) is 26.3 Å². The Morgan fingerprint density at radius 2 is 1.67 bits per heavy atom. The van der Waals surface area contributed by atoms with Crippen LogP contribution >= 0.6 is 15.9 Å². The van der Waals surface area contributed by atoms with Crippen molar-refractivity contribution < 1.29 is 23.9 Å². The van der Waals surface area contributed by atoms with E-state index in [1.807, 2.05) is 13.8 Å². The molecule has 2 rings (SSSR count). The molecule has 1 atom stereocenters. The predicted octanol–water partition coefficient (Wildman–Crippen LogP) is 3.97. The molecule has 0 bridgehead atoms. The first-order chi connectivity index (χ1) is 14.2. The normalized spacial score (nSPS) is 12.4. The van der Waals surface area contributed by atoms with Crippen molar-refractivity contribution in [2.24, 2.45) is 5.92 Å². The molecule has 0 radical (unpaired) electrons. The molecule has 0 heterocycles. The van der Waals surface area contributed by atoms with Gasteiger partial charge < -0.3 is 15.7 Å². The van der Waals surface area contributed by atoms with Gasteiger partial charge in [0.05, 0.1) is 0 Å². The Bertz CT molecular complexity index is 941. The van der Waals surface area contributed by atoms with Crippen molar-refractivity contribution in [1.29, 1.82) is 0 Å². The van der Waals surface area contributed by atoms with E-state index in [9.17, 15) is 23.9 Å². The van der Waals surface area contributed by atoms with Gasteiger partial charge in [-0.3, -0.25) is 9.59 Å². The van der Waals surface area contributed by atoms with Gasteiger partial charge in [-0.15, -0.1) is 0 Å². The Balaban J connectivity index is 2.31. The number of nitrogens with one attached hydrogen (secondary N) is 2. The fraction of sp³-hybridized carbons (Fsp3) is 0.227. The maximum atomic E-state index is 13.2. The van der Waals surface area contributed by atoms with Crippen LogP contribution in [0.5, 0.6) is 0 Å². The highest BCUT2D eigenvalue weighted by atomic mass is 79.9. The van der Waals surface area contributed by atoms with Gasteiger partial charge in [-0.25, -0.2) is 9.18 Å². The molecule has 0 aliphatic carbocycles. The SMILES string of the molecule is CC(C)C[C@H](NC(=O)/C(=C/c1ccc(F)cc1)NC(=O)c1ccc(Br)cc1)C(=O)O. The van der Waals surface area contributed by atoms with Gasteiger partial charge in [-0.05, 0) is 60.4 Å². The van der Waals surface area contributed by atoms with Crippen molar-refractivity contribution in [3.63, 3.8) is 0 Å². The smallest absolute Gasteiger partial charge is 0.326 e. The molecule has 0 saturated carbocycles. The molecule has 0 aromatic heterocycles. The predicted molar refractivity (Wildman–Crippen MR) is 115 cm³/mol. The largest absolute Gasteiger partial charge is 0.480 e. The number of benzene rings is 2. The van der Waals surface area contributed by atoms with Gasteiger partial charge in [0, 0.05) is 10.0 Å². The summed E-state index contributed by atoms with van der Waals surface area (Å²) in [5.74, 6) is -2.87. The van der Waals surface area contributed by atoms with Crippen LogP contribution in [0.4, 0.5) is 4.39 Å². The van der Waals surface area contributed by atoms with Crippen LogP contribution in [-0.2, 0) is 9.59 Å². The molecule has 6 nitrogen and oxygen atoms in total. The average Bonchev–Trinajstić information content (AvgIpc) is 2.68. The Morgan fingerprint density at radius 1 is 1.07 bits per heavy atom. The minimum absolute atomic E-state index is 0.0354. The molecule has 8 heteroatoms. The highest BCUT2D eigenvalue weighted by Gasteiger charge is 2.24. The molecule has 2 amide bonds. The third kappa shape index (κ3) is 7.11. The molecule has 2 aromatic carbocycles. The van der Waals surface area contributed by atoms with E-state index >= 15 is 0 Å². The number of aliphatic carboxylic acids is 1. The minimum atomic E-state index is -1.17. The lowest BCUT2D eigenvalue weighted by Gasteiger charge is -2.18. The van der Waals surface area contributed by atoms with Gasteiger partial charge >= 0.3 is 5.97 Å². The van der Waals surface area contributed by atoms with Crippen LogP contribution in [0.1, 0.15) is 36.2 Å². The Morgan fingerprint density at radius 3 is 2.20 bits per heavy atom. The summed E-state index contributed by atoms with van der Waals surface area (Å²) >= 11 is 3.29. The van der Waals surface area contributed by atoms with Gasteiger partial charge in [0.25, 0.3) is 11.8 Å². The number of rotatable bonds is 8. The second kappa shape index (κ2) is 10.7. The van der Waals surface area contributed by atoms with E-state index in [2.05, 4.69) is 26.6 Å². The number of carbonyl (C=O) groups is 3. The van der Waals surface area contributed by atoms with Gasteiger partial charge in [-0.1, -0.05) is 41.9 Å². The van der Waals surface area contributed by atoms with Crippen LogP contribution in [-0.4, -0.2) is 28.9 Å². The first-order valence-corrected chi connectivity index (χ1v) is 10.0. The molecule has 158 valence electrons. The van der Waals surface area contributed by atoms with Crippen LogP contribution in [0.2, 0.25) is 0 Å². The first-order valence-electron chi connectivity index (χ1n) is 9.23. The molecule has 0 fully saturated rings. The summed E-state index contributed by atoms with van der Waals surface area (Å²) in [6.45, 7) is 3.68. The number of carboxylic acids is 1. The van der Waals surface area contributed by atoms with E-state index in [4.69, 9.17) is 0 Å². The van der Waals surface area contributed by atoms with Crippen LogP contribution < -0.4 is 10.6 Å². The summed E-state index contributed by atoms with van der Waals surface area (Å²) in [5, 5.41) is 14.4. The van der Waals surface area contributed by atoms with Gasteiger partial charge in [0.2, 0.25) is 0 Å². The van der Waals surface area contributed by atoms with Gasteiger partial charge in [0.15, 0.2) is 0 Å². The van der Waals surface area contributed by atoms with Gasteiger partial charge in [0.1, 0.15) is 17.6 Å². The molecule has 0 unspecified atom stereocenters. The number of halogens is 2. The standard InChI is InChI=1S/C22H22BrFN2O4/c1-13(2)11-19(22(29)30)26-21(28)18(12-14-3-9-17(24)10-4-14)25-20(27)15-5-7-16(23)8-6-15/h3-10,12-13,19H,11H2,1-2H3,(H,25,27)(H,26,28)(H,29,30)/b18-12-/t19-/m0/s1. The molecule has 0 aliphatic heterocycles. The Hall–Kier alpha value is -3.00. The molecular formula is C22H22BrFN2O4. The van der Waals surface area contributed by atoms with E-state index in [0.717, 1.165) is 4.47 Å². The van der Waals surface area contributed by atoms with Crippen molar-refractivity contribution in [1.82, 2.24) is 10.6 Å². The Kier molecular flexibility index (Phi) is 8.29. The fourth-order valence-corrected chi connectivity index (χ4v) is 2.87. The summed E-state index contributed by atoms with van der Waals surface area (Å²) in [6.07, 6.45) is 1.59. The topological polar surface area (TPSA) is 95.5 Å². The molecule has 2 aromatic rings. The molecule has 30 heavy (non-hydrogen) atoms. The second-order valence-corrected chi connectivity index (χ2v) is 7.98. The summed E-state index contributed by atoms with van der Waals surface area (Å²) in [7, 11) is 0. The lowest BCUT2D eigenvalue weighted by Crippen LogP contribution is -2.45. The number of amides is 2. The second-order valence-electron chi connectivity index (χ2n) is 7.06. The van der Waals surface area contributed by atoms with Crippen LogP contribution in [0.3, 0.4) is 0 Å². The van der Waals surface area contributed by atoms with Crippen molar-refractivity contribution >= 4 is 39.8 Å². The van der Waals surface area contributed by atoms with E-state index in [1.165, 1.54) is 30.3 Å². The van der Waals surface area contributed by atoms with Crippen molar-refractivity contribution in [2.75, 3.05) is 0 Å². The zero-order valence-electron chi connectivity index (χ0n) is 16.5. The van der Waals surface area contributed by atoms with E-state index < -0.39 is 29.6 Å². The number of hydrogen-bond donors (Lipinski definition) is 3. The molecule has 0 aliphatic rings. The highest BCUT2D eigenvalue weighted by Crippen LogP contribution is 2.13. The van der Waals surface area contributed by atoms with Gasteiger partial charge in [-0.2, -0.15) is 0 Å². The summed E-state index contributed by atoms with van der Waals surface area (Å²) < 4.78 is 14.0. The number of carboxylic acid groups (broad SMARTS) is 1.